The number of hydrogen-bond donors (Lipinski definition) is 2. The number of thioether (sulfide) groups is 1. The van der Waals surface area contributed by atoms with Crippen LogP contribution in [0.3, 0.4) is 0 Å². The predicted molar refractivity (Wildman–Crippen MR) is 127 cm³/mol. The van der Waals surface area contributed by atoms with Crippen molar-refractivity contribution in [3.63, 3.8) is 0 Å². The fourth-order valence-electron chi connectivity index (χ4n) is 4.62. The van der Waals surface area contributed by atoms with E-state index in [2.05, 4.69) is 22.0 Å². The average Bonchev–Trinajstić information content (AvgIpc) is 3.13. The van der Waals surface area contributed by atoms with Gasteiger partial charge in [-0.25, -0.2) is 8.42 Å². The molecule has 2 bridgehead atoms. The summed E-state index contributed by atoms with van der Waals surface area (Å²) in [6.07, 6.45) is 0. The van der Waals surface area contributed by atoms with Crippen molar-refractivity contribution in [3.05, 3.63) is 64.8 Å². The van der Waals surface area contributed by atoms with Crippen molar-refractivity contribution >= 4 is 50.2 Å². The van der Waals surface area contributed by atoms with Crippen LogP contribution < -0.4 is 5.73 Å². The molecule has 3 aromatic rings. The Morgan fingerprint density at radius 2 is 1.78 bits per heavy atom. The Hall–Kier alpha value is -2.04. The second kappa shape index (κ2) is 8.39. The summed E-state index contributed by atoms with van der Waals surface area (Å²) in [7, 11) is -3.95. The van der Waals surface area contributed by atoms with Crippen molar-refractivity contribution in [2.45, 2.75) is 21.9 Å². The highest BCUT2D eigenvalue weighted by molar-refractivity contribution is 8.00. The van der Waals surface area contributed by atoms with Gasteiger partial charge in [0.15, 0.2) is 0 Å². The molecular formula is C22H23ClN4O3S2. The number of nitrogens with one attached hydrogen (secondary N) is 1. The number of nitrogens with zero attached hydrogens (tertiary/aromatic N) is 2. The molecule has 1 aromatic heterocycles. The molecule has 2 atom stereocenters. The summed E-state index contributed by atoms with van der Waals surface area (Å²) in [6, 6.07) is 15.2. The number of benzene rings is 2. The van der Waals surface area contributed by atoms with Gasteiger partial charge >= 0.3 is 0 Å². The average molecular weight is 491 g/mol. The second-order valence-corrected chi connectivity index (χ2v) is 12.2. The molecule has 0 spiro atoms. The number of amides is 1. The summed E-state index contributed by atoms with van der Waals surface area (Å²) >= 11 is 7.98. The third-order valence-corrected chi connectivity index (χ3v) is 9.45. The summed E-state index contributed by atoms with van der Waals surface area (Å²) in [6.45, 7) is 3.25. The van der Waals surface area contributed by atoms with Crippen molar-refractivity contribution in [2.24, 2.45) is 5.73 Å². The molecule has 0 radical (unpaired) electrons. The van der Waals surface area contributed by atoms with E-state index in [0.29, 0.717) is 29.0 Å². The Bertz CT molecular complexity index is 1270. The predicted octanol–water partition coefficient (Wildman–Crippen LogP) is 2.91. The largest absolute Gasteiger partial charge is 0.364 e. The zero-order chi connectivity index (χ0) is 22.5. The number of fused-ring (bicyclic) bond motifs is 3. The van der Waals surface area contributed by atoms with Crippen LogP contribution in [0.5, 0.6) is 0 Å². The number of hydrogen-bond acceptors (Lipinski definition) is 5. The lowest BCUT2D eigenvalue weighted by molar-refractivity contribution is 0.0993. The first kappa shape index (κ1) is 21.8. The molecule has 1 amide bonds. The van der Waals surface area contributed by atoms with Gasteiger partial charge in [-0.1, -0.05) is 41.9 Å². The van der Waals surface area contributed by atoms with Gasteiger partial charge in [0.25, 0.3) is 5.91 Å². The molecule has 7 nitrogen and oxygen atoms in total. The van der Waals surface area contributed by atoms with Crippen LogP contribution in [0.4, 0.5) is 0 Å². The van der Waals surface area contributed by atoms with E-state index < -0.39 is 15.9 Å². The first-order valence-corrected chi connectivity index (χ1v) is 13.1. The number of rotatable bonds is 5. The number of aromatic nitrogens is 1. The van der Waals surface area contributed by atoms with E-state index in [4.69, 9.17) is 17.3 Å². The molecule has 0 saturated carbocycles. The summed E-state index contributed by atoms with van der Waals surface area (Å²) in [4.78, 5) is 17.3. The topological polar surface area (TPSA) is 99.5 Å². The quantitative estimate of drug-likeness (QED) is 0.573. The maximum absolute atomic E-state index is 13.7. The molecule has 2 saturated heterocycles. The Labute approximate surface area is 195 Å². The molecule has 168 valence electrons. The van der Waals surface area contributed by atoms with Gasteiger partial charge in [-0.3, -0.25) is 9.69 Å². The normalized spacial score (nSPS) is 22.3. The third kappa shape index (κ3) is 4.04. The van der Waals surface area contributed by atoms with E-state index in [1.807, 2.05) is 30.0 Å². The number of nitrogens with two attached hydrogens (primary N) is 1. The van der Waals surface area contributed by atoms with Crippen molar-refractivity contribution in [2.75, 3.05) is 26.2 Å². The van der Waals surface area contributed by atoms with Crippen molar-refractivity contribution < 1.29 is 13.2 Å². The number of primary amides is 1. The molecule has 2 aliphatic rings. The van der Waals surface area contributed by atoms with Crippen LogP contribution in [0.1, 0.15) is 16.1 Å². The summed E-state index contributed by atoms with van der Waals surface area (Å²) in [5, 5.41) is 1.10. The molecule has 2 unspecified atom stereocenters. The SMILES string of the molecule is NC(=O)c1[nH]c2ccc(Cl)cc2c1S(=O)(=O)N1CC2CN(Cc3ccccc3)CC(C1)S2. The lowest BCUT2D eigenvalue weighted by Gasteiger charge is -2.44. The standard InChI is InChI=1S/C22H23ClN4O3S2/c23-15-6-7-19-18(8-15)21(20(25-19)22(24)28)32(29,30)27-12-16-10-26(11-17(13-27)31-16)9-14-4-2-1-3-5-14/h1-8,16-17,25H,9-13H2,(H2,24,28). The Morgan fingerprint density at radius 3 is 2.44 bits per heavy atom. The maximum Gasteiger partial charge on any atom is 0.266 e. The van der Waals surface area contributed by atoms with E-state index in [1.54, 1.807) is 18.2 Å². The third-order valence-electron chi connectivity index (χ3n) is 5.93. The van der Waals surface area contributed by atoms with E-state index >= 15 is 0 Å². The highest BCUT2D eigenvalue weighted by atomic mass is 35.5. The molecule has 32 heavy (non-hydrogen) atoms. The lowest BCUT2D eigenvalue weighted by Crippen LogP contribution is -2.55. The number of carbonyl (C=O) groups excluding carboxylic acids is 1. The van der Waals surface area contributed by atoms with E-state index in [-0.39, 0.29) is 21.1 Å². The van der Waals surface area contributed by atoms with E-state index in [0.717, 1.165) is 19.6 Å². The van der Waals surface area contributed by atoms with E-state index in [9.17, 15) is 13.2 Å². The zero-order valence-electron chi connectivity index (χ0n) is 17.2. The van der Waals surface area contributed by atoms with Gasteiger partial charge in [0, 0.05) is 59.1 Å². The Morgan fingerprint density at radius 1 is 1.09 bits per heavy atom. The molecule has 2 aliphatic heterocycles. The summed E-state index contributed by atoms with van der Waals surface area (Å²) < 4.78 is 29.0. The first-order chi connectivity index (χ1) is 15.3. The van der Waals surface area contributed by atoms with Crippen LogP contribution in [-0.2, 0) is 16.6 Å². The summed E-state index contributed by atoms with van der Waals surface area (Å²) in [5.74, 6) is -0.809. The van der Waals surface area contributed by atoms with Gasteiger partial charge in [0.05, 0.1) is 0 Å². The van der Waals surface area contributed by atoms with Gasteiger partial charge in [-0.05, 0) is 23.8 Å². The van der Waals surface area contributed by atoms with Gasteiger partial charge in [-0.15, -0.1) is 11.8 Å². The fourth-order valence-corrected chi connectivity index (χ4v) is 8.51. The van der Waals surface area contributed by atoms with Gasteiger partial charge < -0.3 is 10.7 Å². The number of aromatic amines is 1. The second-order valence-electron chi connectivity index (χ2n) is 8.27. The molecule has 5 rings (SSSR count). The number of H-pyrrole nitrogens is 1. The van der Waals surface area contributed by atoms with E-state index in [1.165, 1.54) is 9.87 Å². The minimum Gasteiger partial charge on any atom is -0.364 e. The highest BCUT2D eigenvalue weighted by Gasteiger charge is 2.41. The molecule has 0 aliphatic carbocycles. The first-order valence-electron chi connectivity index (χ1n) is 10.3. The molecule has 3 N–H and O–H groups in total. The fraction of sp³-hybridized carbons (Fsp3) is 0.318. The minimum absolute atomic E-state index is 0.0754. The van der Waals surface area contributed by atoms with Crippen molar-refractivity contribution in [1.29, 1.82) is 0 Å². The lowest BCUT2D eigenvalue weighted by atomic mass is 10.2. The maximum atomic E-state index is 13.7. The Kier molecular flexibility index (Phi) is 5.71. The Balaban J connectivity index is 1.43. The van der Waals surface area contributed by atoms with Crippen LogP contribution in [-0.4, -0.2) is 65.2 Å². The van der Waals surface area contributed by atoms with Gasteiger partial charge in [0.1, 0.15) is 10.6 Å². The molecule has 10 heteroatoms. The number of halogens is 1. The number of carbonyl (C=O) groups is 1. The van der Waals surface area contributed by atoms with Gasteiger partial charge in [-0.2, -0.15) is 4.31 Å². The van der Waals surface area contributed by atoms with Crippen molar-refractivity contribution in [1.82, 2.24) is 14.2 Å². The van der Waals surface area contributed by atoms with Crippen LogP contribution in [0.2, 0.25) is 5.02 Å². The minimum atomic E-state index is -3.95. The molecular weight excluding hydrogens is 468 g/mol. The van der Waals surface area contributed by atoms with Crippen LogP contribution in [0, 0.1) is 0 Å². The summed E-state index contributed by atoms with van der Waals surface area (Å²) in [5.41, 5.74) is 7.20. The van der Waals surface area contributed by atoms with Gasteiger partial charge in [0.2, 0.25) is 10.0 Å². The highest BCUT2D eigenvalue weighted by Crippen LogP contribution is 2.37. The van der Waals surface area contributed by atoms with Crippen molar-refractivity contribution in [3.8, 4) is 0 Å². The van der Waals surface area contributed by atoms with Crippen LogP contribution >= 0.6 is 23.4 Å². The van der Waals surface area contributed by atoms with Crippen LogP contribution in [0.25, 0.3) is 10.9 Å². The monoisotopic (exact) mass is 490 g/mol. The molecule has 2 aromatic carbocycles. The van der Waals surface area contributed by atoms with Crippen LogP contribution in [0.15, 0.2) is 53.4 Å². The molecule has 2 fully saturated rings. The number of sulfonamides is 1. The molecule has 3 heterocycles. The smallest absolute Gasteiger partial charge is 0.266 e. The zero-order valence-corrected chi connectivity index (χ0v) is 19.6.